The van der Waals surface area contributed by atoms with E-state index in [9.17, 15) is 4.79 Å². The maximum Gasteiger partial charge on any atom is 0.254 e. The Labute approximate surface area is 122 Å². The van der Waals surface area contributed by atoms with E-state index in [2.05, 4.69) is 37.1 Å². The number of likely N-dealkylation sites (tertiary alicyclic amines) is 1. The summed E-state index contributed by atoms with van der Waals surface area (Å²) in [6.45, 7) is 9.33. The summed E-state index contributed by atoms with van der Waals surface area (Å²) in [4.78, 5) is 14.9. The number of rotatable bonds is 4. The van der Waals surface area contributed by atoms with Gasteiger partial charge >= 0.3 is 0 Å². The Balaban J connectivity index is 2.24. The molecule has 1 fully saturated rings. The summed E-state index contributed by atoms with van der Waals surface area (Å²) >= 11 is 0. The Kier molecular flexibility index (Phi) is 4.69. The average Bonchev–Trinajstić information content (AvgIpc) is 2.79. The van der Waals surface area contributed by atoms with Crippen LogP contribution in [0.2, 0.25) is 0 Å². The van der Waals surface area contributed by atoms with Crippen LogP contribution >= 0.6 is 0 Å². The van der Waals surface area contributed by atoms with Crippen LogP contribution in [0.1, 0.15) is 56.0 Å². The van der Waals surface area contributed by atoms with Crippen LogP contribution < -0.4 is 5.32 Å². The number of benzene rings is 1. The molecule has 2 atom stereocenters. The summed E-state index contributed by atoms with van der Waals surface area (Å²) in [5.41, 5.74) is 2.99. The first-order valence-corrected chi connectivity index (χ1v) is 7.75. The Hall–Kier alpha value is -1.51. The number of anilines is 1. The zero-order valence-corrected chi connectivity index (χ0v) is 13.1. The molecular weight excluding hydrogens is 248 g/mol. The van der Waals surface area contributed by atoms with Gasteiger partial charge in [0.1, 0.15) is 0 Å². The second-order valence-electron chi connectivity index (χ2n) is 5.76. The number of carbonyl (C=O) groups is 1. The molecule has 20 heavy (non-hydrogen) atoms. The lowest BCUT2D eigenvalue weighted by molar-refractivity contribution is 0.0675. The zero-order valence-electron chi connectivity index (χ0n) is 13.1. The summed E-state index contributed by atoms with van der Waals surface area (Å²) < 4.78 is 0. The lowest BCUT2D eigenvalue weighted by Crippen LogP contribution is -2.40. The van der Waals surface area contributed by atoms with E-state index in [0.29, 0.717) is 12.1 Å². The van der Waals surface area contributed by atoms with Crippen LogP contribution in [0.4, 0.5) is 5.69 Å². The molecule has 0 saturated carbocycles. The molecule has 1 aliphatic rings. The smallest absolute Gasteiger partial charge is 0.254 e. The Bertz CT molecular complexity index is 484. The van der Waals surface area contributed by atoms with Gasteiger partial charge in [-0.05, 0) is 63.8 Å². The molecular formula is C17H26N2O. The fraction of sp³-hybridized carbons (Fsp3) is 0.588. The molecule has 1 aromatic rings. The van der Waals surface area contributed by atoms with E-state index in [-0.39, 0.29) is 5.91 Å². The second-order valence-corrected chi connectivity index (χ2v) is 5.76. The number of hydrogen-bond acceptors (Lipinski definition) is 2. The molecule has 1 aromatic carbocycles. The van der Waals surface area contributed by atoms with Gasteiger partial charge < -0.3 is 10.2 Å². The first-order chi connectivity index (χ1) is 9.58. The van der Waals surface area contributed by atoms with Crippen LogP contribution in [0.15, 0.2) is 18.2 Å². The molecule has 3 nitrogen and oxygen atoms in total. The zero-order chi connectivity index (χ0) is 14.7. The number of amides is 1. The van der Waals surface area contributed by atoms with Gasteiger partial charge in [-0.25, -0.2) is 0 Å². The Morgan fingerprint density at radius 2 is 2.10 bits per heavy atom. The number of nitrogens with one attached hydrogen (secondary N) is 1. The van der Waals surface area contributed by atoms with E-state index in [4.69, 9.17) is 0 Å². The number of carbonyl (C=O) groups excluding carboxylic acids is 1. The Morgan fingerprint density at radius 1 is 1.35 bits per heavy atom. The first-order valence-electron chi connectivity index (χ1n) is 7.75. The standard InChI is InChI=1S/C17H26N2O/c1-5-15-9-7-13(4)19(15)17(20)16-10-8-14(18-6-2)11-12(16)3/h8,10-11,13,15,18H,5-7,9H2,1-4H3. The third kappa shape index (κ3) is 2.82. The van der Waals surface area contributed by atoms with E-state index < -0.39 is 0 Å². The van der Waals surface area contributed by atoms with Crippen molar-refractivity contribution in [2.75, 3.05) is 11.9 Å². The molecule has 0 bridgehead atoms. The van der Waals surface area contributed by atoms with Gasteiger partial charge in [0.05, 0.1) is 0 Å². The number of hydrogen-bond donors (Lipinski definition) is 1. The summed E-state index contributed by atoms with van der Waals surface area (Å²) in [6, 6.07) is 6.81. The monoisotopic (exact) mass is 274 g/mol. The number of nitrogens with zero attached hydrogens (tertiary/aromatic N) is 1. The van der Waals surface area contributed by atoms with Gasteiger partial charge in [-0.3, -0.25) is 4.79 Å². The highest BCUT2D eigenvalue weighted by molar-refractivity contribution is 5.96. The molecule has 0 radical (unpaired) electrons. The first kappa shape index (κ1) is 14.9. The topological polar surface area (TPSA) is 32.3 Å². The maximum absolute atomic E-state index is 12.8. The SMILES string of the molecule is CCNc1ccc(C(=O)N2C(C)CCC2CC)c(C)c1. The highest BCUT2D eigenvalue weighted by atomic mass is 16.2. The van der Waals surface area contributed by atoms with Gasteiger partial charge in [-0.1, -0.05) is 6.92 Å². The van der Waals surface area contributed by atoms with Gasteiger partial charge in [0.25, 0.3) is 5.91 Å². The van der Waals surface area contributed by atoms with E-state index >= 15 is 0 Å². The molecule has 2 rings (SSSR count). The molecule has 1 saturated heterocycles. The van der Waals surface area contributed by atoms with Crippen LogP contribution in [0.5, 0.6) is 0 Å². The van der Waals surface area contributed by atoms with Gasteiger partial charge in [0.15, 0.2) is 0 Å². The quantitative estimate of drug-likeness (QED) is 0.905. The third-order valence-corrected chi connectivity index (χ3v) is 4.33. The van der Waals surface area contributed by atoms with Crippen LogP contribution in [0.25, 0.3) is 0 Å². The van der Waals surface area contributed by atoms with Crippen LogP contribution in [-0.4, -0.2) is 29.4 Å². The predicted octanol–water partition coefficient (Wildman–Crippen LogP) is 3.83. The van der Waals surface area contributed by atoms with Crippen molar-refractivity contribution in [3.05, 3.63) is 29.3 Å². The van der Waals surface area contributed by atoms with E-state index in [1.165, 1.54) is 0 Å². The highest BCUT2D eigenvalue weighted by Gasteiger charge is 2.33. The molecule has 3 heteroatoms. The molecule has 2 unspecified atom stereocenters. The minimum Gasteiger partial charge on any atom is -0.385 e. The minimum absolute atomic E-state index is 0.197. The van der Waals surface area contributed by atoms with Crippen LogP contribution in [0, 0.1) is 6.92 Å². The third-order valence-electron chi connectivity index (χ3n) is 4.33. The molecule has 1 N–H and O–H groups in total. The summed E-state index contributed by atoms with van der Waals surface area (Å²) in [7, 11) is 0. The van der Waals surface area contributed by atoms with Crippen molar-refractivity contribution >= 4 is 11.6 Å². The van der Waals surface area contributed by atoms with E-state index in [0.717, 1.165) is 42.6 Å². The summed E-state index contributed by atoms with van der Waals surface area (Å²) in [6.07, 6.45) is 3.31. The normalized spacial score (nSPS) is 22.1. The van der Waals surface area contributed by atoms with E-state index in [1.54, 1.807) is 0 Å². The fourth-order valence-corrected chi connectivity index (χ4v) is 3.20. The van der Waals surface area contributed by atoms with Crippen molar-refractivity contribution in [3.8, 4) is 0 Å². The van der Waals surface area contributed by atoms with Gasteiger partial charge in [-0.15, -0.1) is 0 Å². The molecule has 1 heterocycles. The van der Waals surface area contributed by atoms with Gasteiger partial charge in [0.2, 0.25) is 0 Å². The summed E-state index contributed by atoms with van der Waals surface area (Å²) in [5.74, 6) is 0.197. The molecule has 1 aliphatic heterocycles. The van der Waals surface area contributed by atoms with Crippen molar-refractivity contribution in [1.82, 2.24) is 4.90 Å². The van der Waals surface area contributed by atoms with Crippen molar-refractivity contribution in [2.24, 2.45) is 0 Å². The van der Waals surface area contributed by atoms with Crippen LogP contribution in [0.3, 0.4) is 0 Å². The van der Waals surface area contributed by atoms with Crippen molar-refractivity contribution in [2.45, 2.75) is 59.0 Å². The summed E-state index contributed by atoms with van der Waals surface area (Å²) in [5, 5.41) is 3.29. The predicted molar refractivity (Wildman–Crippen MR) is 84.3 cm³/mol. The Morgan fingerprint density at radius 3 is 2.70 bits per heavy atom. The van der Waals surface area contributed by atoms with Crippen molar-refractivity contribution < 1.29 is 4.79 Å². The molecule has 0 aromatic heterocycles. The number of aryl methyl sites for hydroxylation is 1. The van der Waals surface area contributed by atoms with E-state index in [1.807, 2.05) is 19.1 Å². The average molecular weight is 274 g/mol. The fourth-order valence-electron chi connectivity index (χ4n) is 3.20. The molecule has 1 amide bonds. The lowest BCUT2D eigenvalue weighted by Gasteiger charge is -2.28. The molecule has 110 valence electrons. The minimum atomic E-state index is 0.197. The lowest BCUT2D eigenvalue weighted by atomic mass is 10.1. The van der Waals surface area contributed by atoms with Gasteiger partial charge in [-0.2, -0.15) is 0 Å². The van der Waals surface area contributed by atoms with Crippen molar-refractivity contribution in [1.29, 1.82) is 0 Å². The second kappa shape index (κ2) is 6.29. The van der Waals surface area contributed by atoms with Crippen LogP contribution in [-0.2, 0) is 0 Å². The largest absolute Gasteiger partial charge is 0.385 e. The highest BCUT2D eigenvalue weighted by Crippen LogP contribution is 2.29. The molecule has 0 spiro atoms. The molecule has 0 aliphatic carbocycles. The maximum atomic E-state index is 12.8. The van der Waals surface area contributed by atoms with Crippen molar-refractivity contribution in [3.63, 3.8) is 0 Å². The van der Waals surface area contributed by atoms with Gasteiger partial charge in [0, 0.05) is 29.9 Å².